The maximum atomic E-state index is 3.38. The van der Waals surface area contributed by atoms with Crippen molar-refractivity contribution in [3.05, 3.63) is 6.33 Å². The van der Waals surface area contributed by atoms with Gasteiger partial charge < -0.3 is 6.15 Å². The standard InChI is InChI=1S/CH2N4.H3N/c1-2-4-5-3-1;/h1H,(H,2,3,4,5);1H3/p+1. The van der Waals surface area contributed by atoms with Crippen LogP contribution in [-0.2, 0) is 0 Å². The van der Waals surface area contributed by atoms with E-state index >= 15 is 0 Å². The monoisotopic (exact) mass is 88.1 g/mol. The van der Waals surface area contributed by atoms with Crippen LogP contribution in [0.1, 0.15) is 0 Å². The molecule has 5 heteroatoms. The number of rotatable bonds is 0. The van der Waals surface area contributed by atoms with Gasteiger partial charge in [-0.15, -0.1) is 10.2 Å². The second kappa shape index (κ2) is 2.28. The second-order valence-electron chi connectivity index (χ2n) is 0.560. The van der Waals surface area contributed by atoms with Crippen LogP contribution in [0.3, 0.4) is 0 Å². The van der Waals surface area contributed by atoms with Crippen molar-refractivity contribution in [1.82, 2.24) is 26.8 Å². The highest BCUT2D eigenvalue weighted by molar-refractivity contribution is 4.24. The third-order valence-electron chi connectivity index (χ3n) is 0.270. The number of nitrogens with zero attached hydrogens (tertiary/aromatic N) is 3. The van der Waals surface area contributed by atoms with Gasteiger partial charge in [-0.05, 0) is 0 Å². The van der Waals surface area contributed by atoms with Crippen LogP contribution in [0, 0.1) is 0 Å². The van der Waals surface area contributed by atoms with E-state index in [-0.39, 0.29) is 6.15 Å². The Morgan fingerprint density at radius 1 is 1.50 bits per heavy atom. The zero-order valence-corrected chi connectivity index (χ0v) is 3.42. The fourth-order valence-electron chi connectivity index (χ4n) is 0.129. The molecule has 0 saturated carbocycles. The average molecular weight is 88.1 g/mol. The lowest BCUT2D eigenvalue weighted by Crippen LogP contribution is -1.64. The third-order valence-corrected chi connectivity index (χ3v) is 0.270. The molecule has 5 N–H and O–H groups in total. The lowest BCUT2D eigenvalue weighted by Gasteiger charge is -1.44. The van der Waals surface area contributed by atoms with Crippen molar-refractivity contribution in [2.75, 3.05) is 0 Å². The molecule has 0 unspecified atom stereocenters. The van der Waals surface area contributed by atoms with Crippen LogP contribution in [0.5, 0.6) is 0 Å². The Morgan fingerprint density at radius 3 is 2.50 bits per heavy atom. The molecule has 0 aliphatic carbocycles. The quantitative estimate of drug-likeness (QED) is 0.451. The van der Waals surface area contributed by atoms with Gasteiger partial charge in [0, 0.05) is 0 Å². The lowest BCUT2D eigenvalue weighted by atomic mass is 11.4. The fourth-order valence-corrected chi connectivity index (χ4v) is 0.129. The summed E-state index contributed by atoms with van der Waals surface area (Å²) in [7, 11) is 0. The molecule has 0 spiro atoms. The smallest absolute Gasteiger partial charge is 0.161 e. The van der Waals surface area contributed by atoms with Crippen LogP contribution in [-0.4, -0.2) is 20.6 Å². The number of hydrogen-bond donors (Lipinski definition) is 2. The predicted molar refractivity (Wildman–Crippen MR) is 20.2 cm³/mol. The Labute approximate surface area is 34.3 Å². The first-order valence-electron chi connectivity index (χ1n) is 1.16. The van der Waals surface area contributed by atoms with Gasteiger partial charge in [0.05, 0.1) is 0 Å². The summed E-state index contributed by atoms with van der Waals surface area (Å²) in [6, 6.07) is 0. The molecule has 5 nitrogen and oxygen atoms in total. The van der Waals surface area contributed by atoms with Gasteiger partial charge in [0.25, 0.3) is 0 Å². The summed E-state index contributed by atoms with van der Waals surface area (Å²) in [5.74, 6) is 0. The number of tetrazole rings is 1. The first kappa shape index (κ1) is 5.03. The van der Waals surface area contributed by atoms with E-state index in [0.29, 0.717) is 0 Å². The van der Waals surface area contributed by atoms with Gasteiger partial charge in [-0.1, -0.05) is 5.21 Å². The summed E-state index contributed by atoms with van der Waals surface area (Å²) in [5.41, 5.74) is 0. The van der Waals surface area contributed by atoms with Crippen molar-refractivity contribution in [2.45, 2.75) is 0 Å². The van der Waals surface area contributed by atoms with E-state index in [9.17, 15) is 0 Å². The Balaban J connectivity index is 0.000000250. The van der Waals surface area contributed by atoms with Gasteiger partial charge in [0.15, 0.2) is 6.33 Å². The summed E-state index contributed by atoms with van der Waals surface area (Å²) in [5, 5.41) is 12.2. The molecular weight excluding hydrogens is 82.0 g/mol. The van der Waals surface area contributed by atoms with Gasteiger partial charge in [0.1, 0.15) is 0 Å². The number of quaternary nitrogens is 1. The van der Waals surface area contributed by atoms with Crippen LogP contribution < -0.4 is 6.15 Å². The molecule has 0 radical (unpaired) electrons. The molecule has 0 bridgehead atoms. The van der Waals surface area contributed by atoms with Crippen molar-refractivity contribution >= 4 is 0 Å². The molecule has 0 aromatic carbocycles. The summed E-state index contributed by atoms with van der Waals surface area (Å²) >= 11 is 0. The van der Waals surface area contributed by atoms with Crippen LogP contribution in [0.4, 0.5) is 0 Å². The lowest BCUT2D eigenvalue weighted by molar-refractivity contribution is 0.881. The van der Waals surface area contributed by atoms with Gasteiger partial charge in [-0.2, -0.15) is 5.21 Å². The van der Waals surface area contributed by atoms with E-state index < -0.39 is 0 Å². The van der Waals surface area contributed by atoms with E-state index in [1.807, 2.05) is 0 Å². The van der Waals surface area contributed by atoms with E-state index in [4.69, 9.17) is 0 Å². The minimum Gasteiger partial charge on any atom is -0.369 e. The fraction of sp³-hybridized carbons (Fsp3) is 0. The molecular formula is CH6N5+. The summed E-state index contributed by atoms with van der Waals surface area (Å²) in [6.07, 6.45) is 1.33. The molecule has 0 aliphatic rings. The predicted octanol–water partition coefficient (Wildman–Crippen LogP) is -0.424. The molecule has 1 heterocycles. The van der Waals surface area contributed by atoms with E-state index in [1.54, 1.807) is 0 Å². The second-order valence-corrected chi connectivity index (χ2v) is 0.560. The van der Waals surface area contributed by atoms with Crippen molar-refractivity contribution in [1.29, 1.82) is 0 Å². The zero-order chi connectivity index (χ0) is 3.54. The molecule has 0 aliphatic heterocycles. The van der Waals surface area contributed by atoms with Crippen LogP contribution in [0.25, 0.3) is 0 Å². The number of aromatic nitrogens is 4. The number of hydrogen-bond acceptors (Lipinski definition) is 3. The molecule has 1 rings (SSSR count). The Bertz CT molecular complexity index is 60.4. The maximum Gasteiger partial charge on any atom is 0.161 e. The normalized spacial score (nSPS) is 6.67. The molecule has 1 aromatic heterocycles. The minimum absolute atomic E-state index is 0. The van der Waals surface area contributed by atoms with Gasteiger partial charge in [0.2, 0.25) is 0 Å². The Hall–Kier alpha value is -0.970. The topological polar surface area (TPSA) is 91.0 Å². The summed E-state index contributed by atoms with van der Waals surface area (Å²) in [4.78, 5) is 0. The zero-order valence-electron chi connectivity index (χ0n) is 3.42. The SMILES string of the molecule is [NH4+].c1nn[nH]n1. The van der Waals surface area contributed by atoms with Crippen molar-refractivity contribution in [3.8, 4) is 0 Å². The van der Waals surface area contributed by atoms with Crippen molar-refractivity contribution < 1.29 is 0 Å². The molecule has 1 aromatic rings. The first-order chi connectivity index (χ1) is 2.50. The van der Waals surface area contributed by atoms with Crippen LogP contribution >= 0.6 is 0 Å². The highest BCUT2D eigenvalue weighted by atomic mass is 15.5. The van der Waals surface area contributed by atoms with Gasteiger partial charge >= 0.3 is 0 Å². The average Bonchev–Trinajstić information content (AvgIpc) is 1.76. The largest absolute Gasteiger partial charge is 0.369 e. The maximum absolute atomic E-state index is 3.38. The molecule has 0 atom stereocenters. The number of H-pyrrole nitrogens is 1. The highest BCUT2D eigenvalue weighted by Gasteiger charge is 1.58. The Kier molecular flexibility index (Phi) is 1.91. The third kappa shape index (κ3) is 0.769. The Morgan fingerprint density at radius 2 is 2.33 bits per heavy atom. The summed E-state index contributed by atoms with van der Waals surface area (Å²) < 4.78 is 0. The van der Waals surface area contributed by atoms with Crippen LogP contribution in [0.2, 0.25) is 0 Å². The molecule has 0 amide bonds. The van der Waals surface area contributed by atoms with Crippen LogP contribution in [0.15, 0.2) is 6.33 Å². The highest BCUT2D eigenvalue weighted by Crippen LogP contribution is 1.43. The summed E-state index contributed by atoms with van der Waals surface area (Å²) in [6.45, 7) is 0. The molecule has 6 heavy (non-hydrogen) atoms. The minimum atomic E-state index is 0. The number of nitrogens with one attached hydrogen (secondary N) is 1. The number of aromatic amines is 1. The van der Waals surface area contributed by atoms with Gasteiger partial charge in [-0.25, -0.2) is 0 Å². The van der Waals surface area contributed by atoms with E-state index in [1.165, 1.54) is 6.33 Å². The van der Waals surface area contributed by atoms with E-state index in [0.717, 1.165) is 0 Å². The van der Waals surface area contributed by atoms with Crippen molar-refractivity contribution in [2.24, 2.45) is 0 Å². The molecule has 0 saturated heterocycles. The molecule has 0 fully saturated rings. The van der Waals surface area contributed by atoms with E-state index in [2.05, 4.69) is 20.6 Å². The first-order valence-corrected chi connectivity index (χ1v) is 1.16. The van der Waals surface area contributed by atoms with Crippen molar-refractivity contribution in [3.63, 3.8) is 0 Å². The van der Waals surface area contributed by atoms with Gasteiger partial charge in [-0.3, -0.25) is 0 Å². The molecule has 34 valence electrons.